The lowest BCUT2D eigenvalue weighted by atomic mass is 10.0. The van der Waals surface area contributed by atoms with Crippen LogP contribution in [0.2, 0.25) is 0 Å². The van der Waals surface area contributed by atoms with Gasteiger partial charge >= 0.3 is 0 Å². The standard InChI is InChI=1S/C14H20N6O2S/c1-10-17-12(8-13(18-10)14-15-5-6-16-14)11-4-7-20(9-11)23(21,22)19(2)3/h5-6,8,11H,4,7,9H2,1-3H3,(H,15,16)/t11-/m0/s1. The van der Waals surface area contributed by atoms with Crippen molar-refractivity contribution in [1.82, 2.24) is 28.5 Å². The first-order valence-electron chi connectivity index (χ1n) is 7.41. The topological polar surface area (TPSA) is 95.1 Å². The molecule has 2 aromatic rings. The fourth-order valence-corrected chi connectivity index (χ4v) is 3.90. The highest BCUT2D eigenvalue weighted by atomic mass is 32.2. The molecule has 1 fully saturated rings. The highest BCUT2D eigenvalue weighted by molar-refractivity contribution is 7.86. The molecule has 0 radical (unpaired) electrons. The van der Waals surface area contributed by atoms with E-state index in [1.54, 1.807) is 26.5 Å². The van der Waals surface area contributed by atoms with Gasteiger partial charge in [0.25, 0.3) is 10.2 Å². The Morgan fingerprint density at radius 3 is 2.78 bits per heavy atom. The van der Waals surface area contributed by atoms with Crippen LogP contribution in [0.1, 0.15) is 23.9 Å². The van der Waals surface area contributed by atoms with Crippen LogP contribution >= 0.6 is 0 Å². The molecule has 1 N–H and O–H groups in total. The van der Waals surface area contributed by atoms with Gasteiger partial charge in [0, 0.05) is 51.2 Å². The molecule has 1 aliphatic heterocycles. The molecule has 0 spiro atoms. The molecule has 1 atom stereocenters. The molecular formula is C14H20N6O2S. The van der Waals surface area contributed by atoms with E-state index in [0.29, 0.717) is 24.7 Å². The average Bonchev–Trinajstić information content (AvgIpc) is 3.18. The molecule has 0 unspecified atom stereocenters. The molecule has 1 saturated heterocycles. The molecule has 0 amide bonds. The summed E-state index contributed by atoms with van der Waals surface area (Å²) in [6.07, 6.45) is 4.17. The number of aromatic amines is 1. The molecule has 9 heteroatoms. The fourth-order valence-electron chi connectivity index (χ4n) is 2.74. The van der Waals surface area contributed by atoms with Crippen LogP contribution in [0.3, 0.4) is 0 Å². The smallest absolute Gasteiger partial charge is 0.281 e. The minimum atomic E-state index is -3.38. The molecule has 0 saturated carbocycles. The van der Waals surface area contributed by atoms with E-state index in [9.17, 15) is 8.42 Å². The van der Waals surface area contributed by atoms with Gasteiger partial charge in [-0.15, -0.1) is 0 Å². The highest BCUT2D eigenvalue weighted by Crippen LogP contribution is 2.29. The van der Waals surface area contributed by atoms with Gasteiger partial charge in [-0.2, -0.15) is 17.0 Å². The molecule has 3 heterocycles. The van der Waals surface area contributed by atoms with Crippen molar-refractivity contribution in [2.75, 3.05) is 27.2 Å². The summed E-state index contributed by atoms with van der Waals surface area (Å²) in [6, 6.07) is 1.89. The third-order valence-corrected chi connectivity index (χ3v) is 5.86. The number of hydrogen-bond donors (Lipinski definition) is 1. The van der Waals surface area contributed by atoms with Crippen molar-refractivity contribution < 1.29 is 8.42 Å². The molecule has 23 heavy (non-hydrogen) atoms. The zero-order valence-electron chi connectivity index (χ0n) is 13.4. The van der Waals surface area contributed by atoms with Gasteiger partial charge in [-0.1, -0.05) is 0 Å². The maximum absolute atomic E-state index is 12.2. The lowest BCUT2D eigenvalue weighted by molar-refractivity contribution is 0.418. The van der Waals surface area contributed by atoms with Gasteiger partial charge in [0.15, 0.2) is 5.82 Å². The van der Waals surface area contributed by atoms with Crippen LogP contribution in [-0.2, 0) is 10.2 Å². The number of nitrogens with zero attached hydrogens (tertiary/aromatic N) is 5. The summed E-state index contributed by atoms with van der Waals surface area (Å²) in [5.74, 6) is 1.41. The van der Waals surface area contributed by atoms with Crippen molar-refractivity contribution in [3.05, 3.63) is 30.0 Å². The Kier molecular flexibility index (Phi) is 4.17. The van der Waals surface area contributed by atoms with E-state index in [2.05, 4.69) is 19.9 Å². The summed E-state index contributed by atoms with van der Waals surface area (Å²) in [6.45, 7) is 2.78. The maximum Gasteiger partial charge on any atom is 0.281 e. The zero-order chi connectivity index (χ0) is 16.6. The largest absolute Gasteiger partial charge is 0.343 e. The Hall–Kier alpha value is -1.84. The SMILES string of the molecule is Cc1nc(-c2ncc[nH]2)cc([C@H]2CCN(S(=O)(=O)N(C)C)C2)n1. The van der Waals surface area contributed by atoms with Crippen LogP contribution in [0.4, 0.5) is 0 Å². The van der Waals surface area contributed by atoms with Gasteiger partial charge in [0.05, 0.1) is 0 Å². The average molecular weight is 336 g/mol. The second-order valence-electron chi connectivity index (χ2n) is 5.80. The quantitative estimate of drug-likeness (QED) is 0.890. The van der Waals surface area contributed by atoms with Crippen LogP contribution in [-0.4, -0.2) is 64.1 Å². The van der Waals surface area contributed by atoms with E-state index in [1.165, 1.54) is 8.61 Å². The molecule has 2 aromatic heterocycles. The maximum atomic E-state index is 12.2. The lowest BCUT2D eigenvalue weighted by Crippen LogP contribution is -2.38. The minimum absolute atomic E-state index is 0.0696. The number of aromatic nitrogens is 4. The summed E-state index contributed by atoms with van der Waals surface area (Å²) < 4.78 is 27.2. The highest BCUT2D eigenvalue weighted by Gasteiger charge is 2.34. The molecule has 0 aromatic carbocycles. The van der Waals surface area contributed by atoms with Gasteiger partial charge in [-0.3, -0.25) is 0 Å². The molecule has 1 aliphatic rings. The first-order valence-corrected chi connectivity index (χ1v) is 8.80. The van der Waals surface area contributed by atoms with Gasteiger partial charge < -0.3 is 4.98 Å². The Labute approximate surface area is 135 Å². The zero-order valence-corrected chi connectivity index (χ0v) is 14.2. The number of H-pyrrole nitrogens is 1. The van der Waals surface area contributed by atoms with Gasteiger partial charge in [-0.25, -0.2) is 15.0 Å². The van der Waals surface area contributed by atoms with Crippen molar-refractivity contribution >= 4 is 10.2 Å². The summed E-state index contributed by atoms with van der Waals surface area (Å²) in [5, 5.41) is 0. The summed E-state index contributed by atoms with van der Waals surface area (Å²) in [7, 11) is -0.280. The van der Waals surface area contributed by atoms with Crippen LogP contribution < -0.4 is 0 Å². The van der Waals surface area contributed by atoms with E-state index in [-0.39, 0.29) is 5.92 Å². The first kappa shape index (κ1) is 16.0. The van der Waals surface area contributed by atoms with Crippen LogP contribution in [0.15, 0.2) is 18.5 Å². The Morgan fingerprint density at radius 1 is 1.35 bits per heavy atom. The number of aryl methyl sites for hydroxylation is 1. The predicted octanol–water partition coefficient (Wildman–Crippen LogP) is 0.771. The van der Waals surface area contributed by atoms with E-state index < -0.39 is 10.2 Å². The van der Waals surface area contributed by atoms with Crippen LogP contribution in [0.5, 0.6) is 0 Å². The Balaban J connectivity index is 1.86. The van der Waals surface area contributed by atoms with Crippen molar-refractivity contribution in [2.45, 2.75) is 19.3 Å². The number of nitrogens with one attached hydrogen (secondary N) is 1. The molecule has 8 nitrogen and oxygen atoms in total. The second-order valence-corrected chi connectivity index (χ2v) is 7.94. The summed E-state index contributed by atoms with van der Waals surface area (Å²) in [5.41, 5.74) is 1.59. The molecular weight excluding hydrogens is 316 g/mol. The summed E-state index contributed by atoms with van der Waals surface area (Å²) in [4.78, 5) is 16.1. The first-order chi connectivity index (χ1) is 10.9. The van der Waals surface area contributed by atoms with Gasteiger partial charge in [-0.05, 0) is 19.4 Å². The van der Waals surface area contributed by atoms with Crippen molar-refractivity contribution in [3.8, 4) is 11.5 Å². The number of imidazole rings is 1. The molecule has 0 aliphatic carbocycles. The third-order valence-electron chi connectivity index (χ3n) is 3.96. The second kappa shape index (κ2) is 5.99. The van der Waals surface area contributed by atoms with Crippen molar-refractivity contribution in [1.29, 1.82) is 0 Å². The predicted molar refractivity (Wildman–Crippen MR) is 85.9 cm³/mol. The van der Waals surface area contributed by atoms with Crippen molar-refractivity contribution in [3.63, 3.8) is 0 Å². The molecule has 3 rings (SSSR count). The summed E-state index contributed by atoms with van der Waals surface area (Å²) >= 11 is 0. The number of hydrogen-bond acceptors (Lipinski definition) is 5. The van der Waals surface area contributed by atoms with Gasteiger partial charge in [0.1, 0.15) is 11.5 Å². The normalized spacial score (nSPS) is 19.6. The fraction of sp³-hybridized carbons (Fsp3) is 0.500. The lowest BCUT2D eigenvalue weighted by Gasteiger charge is -2.20. The Morgan fingerprint density at radius 2 is 2.13 bits per heavy atom. The van der Waals surface area contributed by atoms with E-state index >= 15 is 0 Å². The van der Waals surface area contributed by atoms with Crippen LogP contribution in [0, 0.1) is 6.92 Å². The minimum Gasteiger partial charge on any atom is -0.343 e. The van der Waals surface area contributed by atoms with E-state index in [1.807, 2.05) is 13.0 Å². The molecule has 124 valence electrons. The number of rotatable bonds is 4. The Bertz CT molecular complexity index is 788. The van der Waals surface area contributed by atoms with Crippen LogP contribution in [0.25, 0.3) is 11.5 Å². The van der Waals surface area contributed by atoms with E-state index in [0.717, 1.165) is 17.8 Å². The monoisotopic (exact) mass is 336 g/mol. The molecule has 0 bridgehead atoms. The van der Waals surface area contributed by atoms with E-state index in [4.69, 9.17) is 0 Å². The van der Waals surface area contributed by atoms with Gasteiger partial charge in [0.2, 0.25) is 0 Å². The third kappa shape index (κ3) is 3.12. The van der Waals surface area contributed by atoms with Crippen molar-refractivity contribution in [2.24, 2.45) is 0 Å².